The predicted octanol–water partition coefficient (Wildman–Crippen LogP) is 1.41. The van der Waals surface area contributed by atoms with Gasteiger partial charge in [-0.1, -0.05) is 27.7 Å². The van der Waals surface area contributed by atoms with Crippen molar-refractivity contribution in [1.29, 1.82) is 0 Å². The molecule has 128 valence electrons. The molecular formula is C12H24N4O4S2. The van der Waals surface area contributed by atoms with Gasteiger partial charge in [-0.25, -0.2) is 16.8 Å². The smallest absolute Gasteiger partial charge is 0.362 e. The van der Waals surface area contributed by atoms with Crippen LogP contribution in [0, 0.1) is 11.8 Å². The molecule has 22 heavy (non-hydrogen) atoms. The lowest BCUT2D eigenvalue weighted by molar-refractivity contribution is 0.00378. The molecule has 0 aliphatic carbocycles. The van der Waals surface area contributed by atoms with Crippen molar-refractivity contribution in [3.63, 3.8) is 0 Å². The molecule has 0 spiro atoms. The van der Waals surface area contributed by atoms with Crippen LogP contribution in [0.2, 0.25) is 0 Å². The molecular weight excluding hydrogens is 328 g/mol. The van der Waals surface area contributed by atoms with E-state index >= 15 is 0 Å². The number of hydrogen-bond acceptors (Lipinski definition) is 4. The summed E-state index contributed by atoms with van der Waals surface area (Å²) in [5.41, 5.74) is 15.8. The normalized spacial score (nSPS) is 11.4. The Kier molecular flexibility index (Phi) is 10.8. The Morgan fingerprint density at radius 2 is 1.18 bits per heavy atom. The average molecular weight is 352 g/mol. The van der Waals surface area contributed by atoms with Gasteiger partial charge >= 0.3 is 4.38 Å². The molecule has 0 unspecified atom stereocenters. The lowest BCUT2D eigenvalue weighted by Crippen LogP contribution is -2.30. The van der Waals surface area contributed by atoms with Crippen LogP contribution in [0.1, 0.15) is 40.5 Å². The molecule has 0 aliphatic heterocycles. The van der Waals surface area contributed by atoms with E-state index < -0.39 is 24.1 Å². The summed E-state index contributed by atoms with van der Waals surface area (Å²) < 4.78 is 46.5. The summed E-state index contributed by atoms with van der Waals surface area (Å²) in [5.74, 6) is -0.420. The molecule has 0 bridgehead atoms. The molecule has 0 aromatic heterocycles. The second-order valence-corrected chi connectivity index (χ2v) is 9.82. The van der Waals surface area contributed by atoms with Gasteiger partial charge in [0.1, 0.15) is 0 Å². The molecule has 0 saturated carbocycles. The summed E-state index contributed by atoms with van der Waals surface area (Å²) in [6, 6.07) is 0. The van der Waals surface area contributed by atoms with Gasteiger partial charge in [0, 0.05) is 0 Å². The third kappa shape index (κ3) is 9.57. The van der Waals surface area contributed by atoms with Gasteiger partial charge in [0.2, 0.25) is 6.72 Å². The molecule has 8 nitrogen and oxygen atoms in total. The molecule has 0 atom stereocenters. The summed E-state index contributed by atoms with van der Waals surface area (Å²) in [5, 5.41) is 0. The first kappa shape index (κ1) is 22.9. The lowest BCUT2D eigenvalue weighted by Gasteiger charge is -2.05. The largest absolute Gasteiger partial charge is 0.495 e. The molecule has 0 heterocycles. The number of nitrogens with zero attached hydrogens (tertiary/aromatic N) is 4. The molecule has 0 aliphatic rings. The zero-order chi connectivity index (χ0) is 18.0. The Hall–Kier alpha value is -1.34. The molecule has 0 aromatic carbocycles. The van der Waals surface area contributed by atoms with E-state index in [1.807, 2.05) is 27.7 Å². The van der Waals surface area contributed by atoms with Crippen molar-refractivity contribution in [3.8, 4) is 0 Å². The van der Waals surface area contributed by atoms with E-state index in [1.165, 1.54) is 0 Å². The van der Waals surface area contributed by atoms with Crippen LogP contribution in [0.4, 0.5) is 0 Å². The second-order valence-electron chi connectivity index (χ2n) is 5.51. The van der Waals surface area contributed by atoms with Gasteiger partial charge in [-0.2, -0.15) is 4.79 Å². The van der Waals surface area contributed by atoms with Crippen LogP contribution in [0.15, 0.2) is 0 Å². The fourth-order valence-electron chi connectivity index (χ4n) is 1.27. The fraction of sp³-hybridized carbons (Fsp3) is 0.833. The number of sulfone groups is 2. The maximum atomic E-state index is 11.9. The van der Waals surface area contributed by atoms with Gasteiger partial charge in [0.05, 0.1) is 11.5 Å². The molecule has 10 heteroatoms. The van der Waals surface area contributed by atoms with E-state index in [9.17, 15) is 16.8 Å². The van der Waals surface area contributed by atoms with E-state index in [4.69, 9.17) is 11.1 Å². The fourth-order valence-corrected chi connectivity index (χ4v) is 5.48. The molecule has 0 N–H and O–H groups in total. The van der Waals surface area contributed by atoms with Crippen LogP contribution in [-0.4, -0.2) is 49.0 Å². The Bertz CT molecular complexity index is 580. The summed E-state index contributed by atoms with van der Waals surface area (Å²) in [6.45, 7) is 9.99. The minimum absolute atomic E-state index is 0.119. The van der Waals surface area contributed by atoms with Crippen molar-refractivity contribution < 1.29 is 26.4 Å². The maximum Gasteiger partial charge on any atom is 0.495 e. The van der Waals surface area contributed by atoms with Crippen LogP contribution >= 0.6 is 0 Å². The van der Waals surface area contributed by atoms with Crippen molar-refractivity contribution in [2.45, 2.75) is 40.5 Å². The summed E-state index contributed by atoms with van der Waals surface area (Å²) in [6.07, 6.45) is 0.641. The van der Waals surface area contributed by atoms with Gasteiger partial charge in [-0.15, -0.1) is 4.79 Å². The van der Waals surface area contributed by atoms with E-state index in [0.717, 1.165) is 0 Å². The van der Waals surface area contributed by atoms with Crippen molar-refractivity contribution in [1.82, 2.24) is 0 Å². The quantitative estimate of drug-likeness (QED) is 0.308. The second kappa shape index (κ2) is 10.4. The Morgan fingerprint density at radius 1 is 0.909 bits per heavy atom. The Balaban J connectivity index is 0. The van der Waals surface area contributed by atoms with Crippen LogP contribution in [0.3, 0.4) is 0 Å². The van der Waals surface area contributed by atoms with Gasteiger partial charge in [-0.05, 0) is 24.7 Å². The summed E-state index contributed by atoms with van der Waals surface area (Å²) in [4.78, 5) is 4.78. The third-order valence-electron chi connectivity index (χ3n) is 2.54. The van der Waals surface area contributed by atoms with Crippen molar-refractivity contribution >= 4 is 30.8 Å². The van der Waals surface area contributed by atoms with Crippen molar-refractivity contribution in [3.05, 3.63) is 11.1 Å². The first-order chi connectivity index (χ1) is 9.94. The molecule has 0 amide bonds. The van der Waals surface area contributed by atoms with Gasteiger partial charge in [-0.3, -0.25) is 0 Å². The summed E-state index contributed by atoms with van der Waals surface area (Å²) >= 11 is 0. The molecule has 0 fully saturated rings. The summed E-state index contributed by atoms with van der Waals surface area (Å²) in [7, 11) is -8.12. The minimum atomic E-state index is -4.06. The Morgan fingerprint density at radius 3 is 1.36 bits per heavy atom. The predicted molar refractivity (Wildman–Crippen MR) is 85.9 cm³/mol. The van der Waals surface area contributed by atoms with Crippen molar-refractivity contribution in [2.24, 2.45) is 11.8 Å². The topological polar surface area (TPSA) is 141 Å². The zero-order valence-corrected chi connectivity index (χ0v) is 15.1. The van der Waals surface area contributed by atoms with Crippen LogP contribution in [0.5, 0.6) is 0 Å². The molecule has 0 aromatic rings. The molecule has 0 radical (unpaired) electrons. The van der Waals surface area contributed by atoms with Crippen LogP contribution < -0.4 is 0 Å². The highest BCUT2D eigenvalue weighted by Crippen LogP contribution is 2.11. The highest BCUT2D eigenvalue weighted by atomic mass is 32.3. The first-order valence-corrected chi connectivity index (χ1v) is 10.0. The minimum Gasteiger partial charge on any atom is -0.362 e. The van der Waals surface area contributed by atoms with Crippen molar-refractivity contribution in [2.75, 3.05) is 11.5 Å². The van der Waals surface area contributed by atoms with Gasteiger partial charge in [0.15, 0.2) is 0 Å². The number of rotatable bonds is 6. The average Bonchev–Trinajstić information content (AvgIpc) is 2.35. The molecule has 0 saturated heterocycles. The van der Waals surface area contributed by atoms with Gasteiger partial charge < -0.3 is 11.1 Å². The SMILES string of the molecule is C=[N+]=[N-].CC(C)CCS(=O)(=O)C(=[N+]=[N-])S(=O)(=O)CCC(C)C. The standard InChI is InChI=1S/C11H22N2O4S2.CH2N2/c1-9(2)5-7-18(14,15)11(13-12)19(16,17)8-6-10(3)4;1-3-2/h9-10H,5-8H2,1-4H3;1H2. The van der Waals surface area contributed by atoms with Gasteiger partial charge in [0.25, 0.3) is 19.7 Å². The van der Waals surface area contributed by atoms with E-state index in [-0.39, 0.29) is 23.3 Å². The van der Waals surface area contributed by atoms with Crippen LogP contribution in [0.25, 0.3) is 11.1 Å². The monoisotopic (exact) mass is 352 g/mol. The van der Waals surface area contributed by atoms with Crippen LogP contribution in [-0.2, 0) is 19.7 Å². The maximum absolute atomic E-state index is 11.9. The lowest BCUT2D eigenvalue weighted by atomic mass is 10.2. The van der Waals surface area contributed by atoms with E-state index in [2.05, 4.69) is 16.3 Å². The Labute approximate surface area is 132 Å². The third-order valence-corrected chi connectivity index (χ3v) is 6.84. The number of hydrogen-bond donors (Lipinski definition) is 0. The molecule has 0 rings (SSSR count). The highest BCUT2D eigenvalue weighted by molar-refractivity contribution is 8.31. The van der Waals surface area contributed by atoms with E-state index in [0.29, 0.717) is 12.8 Å². The first-order valence-electron chi connectivity index (χ1n) is 6.72. The highest BCUT2D eigenvalue weighted by Gasteiger charge is 2.40. The van der Waals surface area contributed by atoms with E-state index in [1.54, 1.807) is 0 Å². The zero-order valence-electron chi connectivity index (χ0n) is 13.4.